The lowest BCUT2D eigenvalue weighted by Gasteiger charge is -2.49. The standard InChI is InChI=1S/C16H31N/c1-15(2,3)14-10-6-7-11-16(14,17)12-13-8-4-5-9-13/h13-14H,4-12,17H2,1-3H3. The van der Waals surface area contributed by atoms with E-state index in [0.29, 0.717) is 5.41 Å². The fourth-order valence-electron chi connectivity index (χ4n) is 4.56. The quantitative estimate of drug-likeness (QED) is 0.752. The predicted octanol–water partition coefficient (Wildman–Crippen LogP) is 4.50. The highest BCUT2D eigenvalue weighted by molar-refractivity contribution is 5.00. The van der Waals surface area contributed by atoms with Crippen molar-refractivity contribution in [2.75, 3.05) is 0 Å². The van der Waals surface area contributed by atoms with Crippen LogP contribution in [0.1, 0.15) is 78.6 Å². The summed E-state index contributed by atoms with van der Waals surface area (Å²) in [6.07, 6.45) is 12.4. The zero-order chi connectivity index (χ0) is 12.5. The minimum absolute atomic E-state index is 0.144. The highest BCUT2D eigenvalue weighted by Gasteiger charge is 2.44. The molecule has 2 fully saturated rings. The van der Waals surface area contributed by atoms with Gasteiger partial charge in [0.05, 0.1) is 0 Å². The van der Waals surface area contributed by atoms with Crippen molar-refractivity contribution in [3.8, 4) is 0 Å². The molecule has 2 atom stereocenters. The van der Waals surface area contributed by atoms with Gasteiger partial charge in [-0.3, -0.25) is 0 Å². The Hall–Kier alpha value is -0.0400. The van der Waals surface area contributed by atoms with E-state index in [1.807, 2.05) is 0 Å². The van der Waals surface area contributed by atoms with Crippen LogP contribution in [-0.4, -0.2) is 5.54 Å². The molecule has 2 unspecified atom stereocenters. The number of nitrogens with two attached hydrogens (primary N) is 1. The summed E-state index contributed by atoms with van der Waals surface area (Å²) < 4.78 is 0. The second kappa shape index (κ2) is 4.91. The zero-order valence-corrected chi connectivity index (χ0v) is 12.1. The summed E-state index contributed by atoms with van der Waals surface area (Å²) in [5.74, 6) is 1.66. The van der Waals surface area contributed by atoms with Gasteiger partial charge in [-0.1, -0.05) is 59.3 Å². The maximum absolute atomic E-state index is 6.87. The van der Waals surface area contributed by atoms with Crippen molar-refractivity contribution < 1.29 is 0 Å². The van der Waals surface area contributed by atoms with Gasteiger partial charge < -0.3 is 5.73 Å². The normalized spacial score (nSPS) is 36.4. The van der Waals surface area contributed by atoms with E-state index in [2.05, 4.69) is 20.8 Å². The van der Waals surface area contributed by atoms with Crippen molar-refractivity contribution in [3.63, 3.8) is 0 Å². The first-order chi connectivity index (χ1) is 7.92. The average Bonchev–Trinajstić information content (AvgIpc) is 2.68. The maximum Gasteiger partial charge on any atom is 0.0190 e. The first-order valence-corrected chi connectivity index (χ1v) is 7.71. The van der Waals surface area contributed by atoms with Gasteiger partial charge >= 0.3 is 0 Å². The molecule has 0 aromatic heterocycles. The molecule has 0 spiro atoms. The van der Waals surface area contributed by atoms with E-state index in [1.54, 1.807) is 0 Å². The van der Waals surface area contributed by atoms with Crippen molar-refractivity contribution in [2.24, 2.45) is 23.0 Å². The molecule has 0 radical (unpaired) electrons. The summed E-state index contributed by atoms with van der Waals surface area (Å²) >= 11 is 0. The Morgan fingerprint density at radius 2 is 1.59 bits per heavy atom. The van der Waals surface area contributed by atoms with Crippen LogP contribution < -0.4 is 5.73 Å². The zero-order valence-electron chi connectivity index (χ0n) is 12.1. The summed E-state index contributed by atoms with van der Waals surface area (Å²) in [7, 11) is 0. The molecule has 0 aromatic rings. The Balaban J connectivity index is 2.07. The van der Waals surface area contributed by atoms with Crippen molar-refractivity contribution in [1.82, 2.24) is 0 Å². The molecule has 0 heterocycles. The van der Waals surface area contributed by atoms with Crippen molar-refractivity contribution in [1.29, 1.82) is 0 Å². The SMILES string of the molecule is CC(C)(C)C1CCCCC1(N)CC1CCCC1. The number of rotatable bonds is 2. The van der Waals surface area contributed by atoms with Gasteiger partial charge in [0.1, 0.15) is 0 Å². The lowest BCUT2D eigenvalue weighted by Crippen LogP contribution is -2.54. The van der Waals surface area contributed by atoms with Crippen molar-refractivity contribution in [3.05, 3.63) is 0 Å². The van der Waals surface area contributed by atoms with Gasteiger partial charge in [-0.2, -0.15) is 0 Å². The molecule has 100 valence electrons. The highest BCUT2D eigenvalue weighted by atomic mass is 14.8. The molecule has 1 heteroatoms. The first-order valence-electron chi connectivity index (χ1n) is 7.71. The van der Waals surface area contributed by atoms with Gasteiger partial charge in [0, 0.05) is 5.54 Å². The lowest BCUT2D eigenvalue weighted by atomic mass is 9.60. The van der Waals surface area contributed by atoms with Crippen LogP contribution in [-0.2, 0) is 0 Å². The fraction of sp³-hybridized carbons (Fsp3) is 1.00. The van der Waals surface area contributed by atoms with E-state index >= 15 is 0 Å². The van der Waals surface area contributed by atoms with Crippen molar-refractivity contribution in [2.45, 2.75) is 84.1 Å². The fourth-order valence-corrected chi connectivity index (χ4v) is 4.56. The minimum atomic E-state index is 0.144. The summed E-state index contributed by atoms with van der Waals surface area (Å²) in [6.45, 7) is 7.16. The van der Waals surface area contributed by atoms with Gasteiger partial charge in [-0.05, 0) is 36.5 Å². The maximum atomic E-state index is 6.87. The minimum Gasteiger partial charge on any atom is -0.325 e. The summed E-state index contributed by atoms with van der Waals surface area (Å²) in [5, 5.41) is 0. The summed E-state index contributed by atoms with van der Waals surface area (Å²) in [5.41, 5.74) is 7.40. The van der Waals surface area contributed by atoms with Gasteiger partial charge in [-0.15, -0.1) is 0 Å². The van der Waals surface area contributed by atoms with Gasteiger partial charge in [-0.25, -0.2) is 0 Å². The summed E-state index contributed by atoms with van der Waals surface area (Å²) in [4.78, 5) is 0. The molecule has 2 N–H and O–H groups in total. The molecule has 0 aliphatic heterocycles. The van der Waals surface area contributed by atoms with Gasteiger partial charge in [0.2, 0.25) is 0 Å². The first kappa shape index (κ1) is 13.4. The third kappa shape index (κ3) is 3.05. The molecular formula is C16H31N. The van der Waals surface area contributed by atoms with E-state index in [0.717, 1.165) is 11.8 Å². The van der Waals surface area contributed by atoms with E-state index in [1.165, 1.54) is 57.8 Å². The lowest BCUT2D eigenvalue weighted by molar-refractivity contribution is 0.0612. The Morgan fingerprint density at radius 1 is 1.00 bits per heavy atom. The largest absolute Gasteiger partial charge is 0.325 e. The van der Waals surface area contributed by atoms with Gasteiger partial charge in [0.25, 0.3) is 0 Å². The van der Waals surface area contributed by atoms with E-state index < -0.39 is 0 Å². The van der Waals surface area contributed by atoms with Crippen LogP contribution in [0.25, 0.3) is 0 Å². The molecule has 2 rings (SSSR count). The van der Waals surface area contributed by atoms with E-state index in [9.17, 15) is 0 Å². The molecule has 0 amide bonds. The van der Waals surface area contributed by atoms with Crippen LogP contribution in [0.3, 0.4) is 0 Å². The Kier molecular flexibility index (Phi) is 3.87. The summed E-state index contributed by atoms with van der Waals surface area (Å²) in [6, 6.07) is 0. The van der Waals surface area contributed by atoms with E-state index in [4.69, 9.17) is 5.73 Å². The monoisotopic (exact) mass is 237 g/mol. The van der Waals surface area contributed by atoms with Crippen LogP contribution in [0.15, 0.2) is 0 Å². The number of hydrogen-bond donors (Lipinski definition) is 1. The van der Waals surface area contributed by atoms with E-state index in [-0.39, 0.29) is 5.54 Å². The van der Waals surface area contributed by atoms with Crippen LogP contribution in [0.5, 0.6) is 0 Å². The van der Waals surface area contributed by atoms with Gasteiger partial charge in [0.15, 0.2) is 0 Å². The molecule has 17 heavy (non-hydrogen) atoms. The molecule has 0 bridgehead atoms. The smallest absolute Gasteiger partial charge is 0.0190 e. The van der Waals surface area contributed by atoms with Crippen LogP contribution >= 0.6 is 0 Å². The van der Waals surface area contributed by atoms with Crippen molar-refractivity contribution >= 4 is 0 Å². The number of hydrogen-bond acceptors (Lipinski definition) is 1. The molecule has 2 saturated carbocycles. The molecule has 2 aliphatic carbocycles. The Bertz CT molecular complexity index is 247. The van der Waals surface area contributed by atoms with Crippen LogP contribution in [0, 0.1) is 17.3 Å². The topological polar surface area (TPSA) is 26.0 Å². The average molecular weight is 237 g/mol. The highest BCUT2D eigenvalue weighted by Crippen LogP contribution is 2.47. The third-order valence-corrected chi connectivity index (χ3v) is 5.27. The van der Waals surface area contributed by atoms with Crippen LogP contribution in [0.4, 0.5) is 0 Å². The Labute approximate surface area is 108 Å². The molecule has 0 aromatic carbocycles. The second-order valence-electron chi connectivity index (χ2n) is 7.75. The third-order valence-electron chi connectivity index (χ3n) is 5.27. The Morgan fingerprint density at radius 3 is 2.18 bits per heavy atom. The van der Waals surface area contributed by atoms with Crippen LogP contribution in [0.2, 0.25) is 0 Å². The molecule has 0 saturated heterocycles. The molecular weight excluding hydrogens is 206 g/mol. The second-order valence-corrected chi connectivity index (χ2v) is 7.75. The predicted molar refractivity (Wildman–Crippen MR) is 74.9 cm³/mol. The molecule has 1 nitrogen and oxygen atoms in total. The molecule has 2 aliphatic rings.